The lowest BCUT2D eigenvalue weighted by molar-refractivity contribution is 0.259. The Balaban J connectivity index is 1.60. The van der Waals surface area contributed by atoms with Crippen LogP contribution in [0, 0.1) is 17.7 Å². The zero-order chi connectivity index (χ0) is 17.6. The minimum atomic E-state index is -0.149. The van der Waals surface area contributed by atoms with E-state index < -0.39 is 0 Å². The van der Waals surface area contributed by atoms with Gasteiger partial charge < -0.3 is 0 Å². The molecule has 1 heterocycles. The Morgan fingerprint density at radius 3 is 2.28 bits per heavy atom. The predicted molar refractivity (Wildman–Crippen MR) is 103 cm³/mol. The molecular weight excluding hydrogens is 309 g/mol. The van der Waals surface area contributed by atoms with Gasteiger partial charge in [0, 0.05) is 11.8 Å². The molecule has 0 aliphatic heterocycles. The van der Waals surface area contributed by atoms with Gasteiger partial charge in [0.2, 0.25) is 0 Å². The highest BCUT2D eigenvalue weighted by Crippen LogP contribution is 2.33. The molecule has 1 saturated carbocycles. The molecule has 1 aromatic carbocycles. The molecule has 0 bridgehead atoms. The average molecular weight is 339 g/mol. The van der Waals surface area contributed by atoms with Gasteiger partial charge in [0.25, 0.3) is 0 Å². The van der Waals surface area contributed by atoms with Crippen LogP contribution in [0.25, 0.3) is 11.3 Å². The molecule has 1 fully saturated rings. The summed E-state index contributed by atoms with van der Waals surface area (Å²) in [5.74, 6) is 1.62. The van der Waals surface area contributed by atoms with Crippen molar-refractivity contribution in [3.8, 4) is 11.3 Å². The largest absolute Gasteiger partial charge is 0.256 e. The van der Waals surface area contributed by atoms with Gasteiger partial charge in [0.05, 0.1) is 5.69 Å². The summed E-state index contributed by atoms with van der Waals surface area (Å²) in [5, 5.41) is 0. The average Bonchev–Trinajstić information content (AvgIpc) is 2.67. The first-order chi connectivity index (χ1) is 12.2. The maximum atomic E-state index is 14.5. The minimum Gasteiger partial charge on any atom is -0.256 e. The number of nitrogens with zero attached hydrogens (tertiary/aromatic N) is 1. The van der Waals surface area contributed by atoms with E-state index in [-0.39, 0.29) is 5.82 Å². The molecule has 1 aliphatic rings. The first-order valence-corrected chi connectivity index (χ1v) is 9.93. The highest BCUT2D eigenvalue weighted by molar-refractivity contribution is 5.60. The van der Waals surface area contributed by atoms with Crippen LogP contribution in [-0.4, -0.2) is 4.98 Å². The lowest BCUT2D eigenvalue weighted by Gasteiger charge is -2.27. The molecule has 1 nitrogen and oxygen atoms in total. The monoisotopic (exact) mass is 339 g/mol. The van der Waals surface area contributed by atoms with Crippen molar-refractivity contribution in [3.63, 3.8) is 0 Å². The number of aryl methyl sites for hydroxylation is 2. The van der Waals surface area contributed by atoms with E-state index in [0.717, 1.165) is 35.9 Å². The van der Waals surface area contributed by atoms with Crippen LogP contribution in [0.3, 0.4) is 0 Å². The quantitative estimate of drug-likeness (QED) is 0.578. The fourth-order valence-corrected chi connectivity index (χ4v) is 4.01. The third-order valence-corrected chi connectivity index (χ3v) is 5.93. The van der Waals surface area contributed by atoms with Crippen LogP contribution in [-0.2, 0) is 12.8 Å². The predicted octanol–water partition coefficient (Wildman–Crippen LogP) is 6.60. The summed E-state index contributed by atoms with van der Waals surface area (Å²) in [6.07, 6.45) is 11.8. The maximum absolute atomic E-state index is 14.5. The van der Waals surface area contributed by atoms with Crippen LogP contribution in [0.4, 0.5) is 4.39 Å². The summed E-state index contributed by atoms with van der Waals surface area (Å²) in [6, 6.07) is 9.63. The van der Waals surface area contributed by atoms with E-state index in [1.54, 1.807) is 6.07 Å². The summed E-state index contributed by atoms with van der Waals surface area (Å²) in [4.78, 5) is 4.40. The van der Waals surface area contributed by atoms with E-state index >= 15 is 0 Å². The van der Waals surface area contributed by atoms with Crippen molar-refractivity contribution in [1.29, 1.82) is 0 Å². The van der Waals surface area contributed by atoms with Crippen LogP contribution in [0.5, 0.6) is 0 Å². The van der Waals surface area contributed by atoms with Crippen LogP contribution in [0.15, 0.2) is 36.5 Å². The molecule has 3 rings (SSSR count). The molecule has 2 aromatic rings. The molecule has 0 unspecified atom stereocenters. The number of aromatic nitrogens is 1. The van der Waals surface area contributed by atoms with Gasteiger partial charge in [-0.3, -0.25) is 4.98 Å². The molecule has 0 spiro atoms. The zero-order valence-electron chi connectivity index (χ0n) is 15.6. The Bertz CT molecular complexity index is 669. The second-order valence-corrected chi connectivity index (χ2v) is 7.55. The van der Waals surface area contributed by atoms with E-state index in [4.69, 9.17) is 0 Å². The standard InChI is InChI=1S/C23H30FN/c1-3-17-5-7-19(8-6-17)9-10-20-11-13-21(22(24)15-20)23-14-12-18(4-2)16-25-23/h11-17,19H,3-10H2,1-2H3/t17-,19-. The Morgan fingerprint density at radius 1 is 0.960 bits per heavy atom. The van der Waals surface area contributed by atoms with Gasteiger partial charge in [-0.2, -0.15) is 0 Å². The SMILES string of the molecule is CCc1ccc(-c2ccc(CC[C@H]3CC[C@H](CC)CC3)cc2F)nc1. The molecule has 2 heteroatoms. The van der Waals surface area contributed by atoms with E-state index in [1.165, 1.54) is 44.1 Å². The summed E-state index contributed by atoms with van der Waals surface area (Å²) in [6.45, 7) is 4.40. The van der Waals surface area contributed by atoms with Crippen molar-refractivity contribution in [3.05, 3.63) is 53.5 Å². The van der Waals surface area contributed by atoms with Gasteiger partial charge in [-0.15, -0.1) is 0 Å². The molecule has 0 radical (unpaired) electrons. The summed E-state index contributed by atoms with van der Waals surface area (Å²) < 4.78 is 14.5. The van der Waals surface area contributed by atoms with E-state index in [2.05, 4.69) is 24.9 Å². The summed E-state index contributed by atoms with van der Waals surface area (Å²) in [7, 11) is 0. The van der Waals surface area contributed by atoms with Crippen molar-refractivity contribution < 1.29 is 4.39 Å². The van der Waals surface area contributed by atoms with Crippen molar-refractivity contribution in [2.24, 2.45) is 11.8 Å². The highest BCUT2D eigenvalue weighted by Gasteiger charge is 2.19. The fraction of sp³-hybridized carbons (Fsp3) is 0.522. The fourth-order valence-electron chi connectivity index (χ4n) is 4.01. The first-order valence-electron chi connectivity index (χ1n) is 9.93. The highest BCUT2D eigenvalue weighted by atomic mass is 19.1. The number of rotatable bonds is 6. The Kier molecular flexibility index (Phi) is 6.23. The molecule has 0 amide bonds. The van der Waals surface area contributed by atoms with Crippen LogP contribution in [0.2, 0.25) is 0 Å². The van der Waals surface area contributed by atoms with Gasteiger partial charge in [-0.1, -0.05) is 58.1 Å². The van der Waals surface area contributed by atoms with Crippen molar-refractivity contribution in [2.75, 3.05) is 0 Å². The van der Waals surface area contributed by atoms with Crippen molar-refractivity contribution in [2.45, 2.75) is 65.2 Å². The number of pyridine rings is 1. The smallest absolute Gasteiger partial charge is 0.132 e. The van der Waals surface area contributed by atoms with Crippen LogP contribution < -0.4 is 0 Å². The van der Waals surface area contributed by atoms with Crippen LogP contribution in [0.1, 0.15) is 63.5 Å². The van der Waals surface area contributed by atoms with E-state index in [9.17, 15) is 4.39 Å². The molecule has 0 atom stereocenters. The Hall–Kier alpha value is -1.70. The maximum Gasteiger partial charge on any atom is 0.132 e. The number of halogens is 1. The van der Waals surface area contributed by atoms with Crippen molar-refractivity contribution >= 4 is 0 Å². The number of benzene rings is 1. The second-order valence-electron chi connectivity index (χ2n) is 7.55. The van der Waals surface area contributed by atoms with E-state index in [1.807, 2.05) is 24.4 Å². The molecule has 134 valence electrons. The van der Waals surface area contributed by atoms with Gasteiger partial charge in [0.1, 0.15) is 5.82 Å². The Labute approximate surface area is 151 Å². The summed E-state index contributed by atoms with van der Waals surface area (Å²) in [5.41, 5.74) is 3.62. The normalized spacial score (nSPS) is 20.6. The van der Waals surface area contributed by atoms with E-state index in [0.29, 0.717) is 5.56 Å². The zero-order valence-corrected chi connectivity index (χ0v) is 15.6. The molecular formula is C23H30FN. The third kappa shape index (κ3) is 4.68. The van der Waals surface area contributed by atoms with Gasteiger partial charge in [-0.05, 0) is 60.4 Å². The molecule has 1 aromatic heterocycles. The van der Waals surface area contributed by atoms with Crippen molar-refractivity contribution in [1.82, 2.24) is 4.98 Å². The second kappa shape index (κ2) is 8.60. The lowest BCUT2D eigenvalue weighted by Crippen LogP contribution is -2.14. The molecule has 0 saturated heterocycles. The molecule has 25 heavy (non-hydrogen) atoms. The summed E-state index contributed by atoms with van der Waals surface area (Å²) >= 11 is 0. The third-order valence-electron chi connectivity index (χ3n) is 5.93. The topological polar surface area (TPSA) is 12.9 Å². The van der Waals surface area contributed by atoms with Gasteiger partial charge >= 0.3 is 0 Å². The molecule has 0 N–H and O–H groups in total. The van der Waals surface area contributed by atoms with Crippen LogP contribution >= 0.6 is 0 Å². The Morgan fingerprint density at radius 2 is 1.68 bits per heavy atom. The first kappa shape index (κ1) is 18.1. The minimum absolute atomic E-state index is 0.149. The number of hydrogen-bond donors (Lipinski definition) is 0. The van der Waals surface area contributed by atoms with Gasteiger partial charge in [0.15, 0.2) is 0 Å². The van der Waals surface area contributed by atoms with Gasteiger partial charge in [-0.25, -0.2) is 4.39 Å². The molecule has 1 aliphatic carbocycles. The number of hydrogen-bond acceptors (Lipinski definition) is 1. The lowest BCUT2D eigenvalue weighted by atomic mass is 9.78.